The Kier molecular flexibility index (Phi) is 6.33. The Morgan fingerprint density at radius 1 is 1.21 bits per heavy atom. The molecule has 7 nitrogen and oxygen atoms in total. The van der Waals surface area contributed by atoms with Gasteiger partial charge in [-0.05, 0) is 38.5 Å². The fourth-order valence-electron chi connectivity index (χ4n) is 2.98. The SMILES string of the molecule is Cc1nn(-c2ccccc2)c(C)c1SCC(=O)O[C@H](C)c1cccc([N+](=O)[O-])c1. The number of thioether (sulfide) groups is 1. The number of carbonyl (C=O) groups excluding carboxylic acids is 1. The lowest BCUT2D eigenvalue weighted by Crippen LogP contribution is -2.11. The van der Waals surface area contributed by atoms with E-state index in [1.165, 1.54) is 23.9 Å². The highest BCUT2D eigenvalue weighted by Crippen LogP contribution is 2.29. The van der Waals surface area contributed by atoms with Crippen LogP contribution in [0.15, 0.2) is 59.5 Å². The fraction of sp³-hybridized carbons (Fsp3) is 0.238. The Hall–Kier alpha value is -3.13. The normalized spacial score (nSPS) is 11.8. The fourth-order valence-corrected chi connectivity index (χ4v) is 3.85. The summed E-state index contributed by atoms with van der Waals surface area (Å²) in [6.07, 6.45) is -0.572. The standard InChI is InChI=1S/C21H21N3O4S/c1-14-21(15(2)23(22-14)18-9-5-4-6-10-18)29-13-20(25)28-16(3)17-8-7-11-19(12-17)24(26)27/h4-12,16H,13H2,1-3H3/t16-/m1/s1. The van der Waals surface area contributed by atoms with Crippen molar-refractivity contribution in [1.29, 1.82) is 0 Å². The summed E-state index contributed by atoms with van der Waals surface area (Å²) in [7, 11) is 0. The Bertz CT molecular complexity index is 1030. The van der Waals surface area contributed by atoms with E-state index in [0.717, 1.165) is 22.0 Å². The zero-order chi connectivity index (χ0) is 21.0. The second kappa shape index (κ2) is 8.91. The van der Waals surface area contributed by atoms with Gasteiger partial charge in [-0.1, -0.05) is 30.3 Å². The molecular formula is C21H21N3O4S. The number of nitro groups is 1. The molecule has 29 heavy (non-hydrogen) atoms. The predicted octanol–water partition coefficient (Wildman–Crippen LogP) is 4.79. The van der Waals surface area contributed by atoms with E-state index >= 15 is 0 Å². The van der Waals surface area contributed by atoms with E-state index in [-0.39, 0.29) is 17.4 Å². The van der Waals surface area contributed by atoms with Crippen LogP contribution in [0.4, 0.5) is 5.69 Å². The number of hydrogen-bond acceptors (Lipinski definition) is 6. The van der Waals surface area contributed by atoms with Crippen molar-refractivity contribution in [2.24, 2.45) is 0 Å². The lowest BCUT2D eigenvalue weighted by molar-refractivity contribution is -0.385. The first-order chi connectivity index (χ1) is 13.9. The molecule has 3 aromatic rings. The molecule has 1 aromatic heterocycles. The van der Waals surface area contributed by atoms with Gasteiger partial charge in [0.2, 0.25) is 0 Å². The van der Waals surface area contributed by atoms with Gasteiger partial charge in [-0.3, -0.25) is 14.9 Å². The Morgan fingerprint density at radius 3 is 2.62 bits per heavy atom. The summed E-state index contributed by atoms with van der Waals surface area (Å²) in [6, 6.07) is 15.9. The molecule has 0 amide bonds. The lowest BCUT2D eigenvalue weighted by Gasteiger charge is -2.13. The number of non-ortho nitro benzene ring substituents is 1. The van der Waals surface area contributed by atoms with Gasteiger partial charge < -0.3 is 4.74 Å². The second-order valence-electron chi connectivity index (χ2n) is 6.52. The minimum absolute atomic E-state index is 0.0284. The number of para-hydroxylation sites is 1. The van der Waals surface area contributed by atoms with Crippen LogP contribution in [0.25, 0.3) is 5.69 Å². The molecule has 0 saturated carbocycles. The summed E-state index contributed by atoms with van der Waals surface area (Å²) < 4.78 is 7.31. The van der Waals surface area contributed by atoms with Crippen molar-refractivity contribution in [3.05, 3.63) is 81.7 Å². The van der Waals surface area contributed by atoms with Gasteiger partial charge in [-0.2, -0.15) is 5.10 Å². The number of aromatic nitrogens is 2. The van der Waals surface area contributed by atoms with Crippen LogP contribution < -0.4 is 0 Å². The molecule has 1 heterocycles. The summed E-state index contributed by atoms with van der Waals surface area (Å²) in [5.41, 5.74) is 3.32. The summed E-state index contributed by atoms with van der Waals surface area (Å²) in [4.78, 5) is 23.7. The zero-order valence-corrected chi connectivity index (χ0v) is 17.2. The molecule has 0 fully saturated rings. The molecule has 0 spiro atoms. The number of esters is 1. The van der Waals surface area contributed by atoms with Gasteiger partial charge in [-0.15, -0.1) is 11.8 Å². The van der Waals surface area contributed by atoms with Gasteiger partial charge in [0.1, 0.15) is 6.10 Å². The molecule has 8 heteroatoms. The van der Waals surface area contributed by atoms with Crippen molar-refractivity contribution < 1.29 is 14.5 Å². The molecule has 0 radical (unpaired) electrons. The van der Waals surface area contributed by atoms with Crippen LogP contribution in [-0.2, 0) is 9.53 Å². The molecule has 0 saturated heterocycles. The van der Waals surface area contributed by atoms with Crippen molar-refractivity contribution in [2.45, 2.75) is 31.8 Å². The van der Waals surface area contributed by atoms with Gasteiger partial charge in [0.15, 0.2) is 0 Å². The van der Waals surface area contributed by atoms with E-state index in [1.54, 1.807) is 19.1 Å². The van der Waals surface area contributed by atoms with Gasteiger partial charge in [0.05, 0.1) is 32.6 Å². The third-order valence-electron chi connectivity index (χ3n) is 4.42. The maximum absolute atomic E-state index is 12.3. The van der Waals surface area contributed by atoms with Crippen molar-refractivity contribution in [2.75, 3.05) is 5.75 Å². The predicted molar refractivity (Wildman–Crippen MR) is 111 cm³/mol. The van der Waals surface area contributed by atoms with E-state index < -0.39 is 11.0 Å². The summed E-state index contributed by atoms with van der Waals surface area (Å²) >= 11 is 1.38. The quantitative estimate of drug-likeness (QED) is 0.240. The Labute approximate surface area is 172 Å². The first kappa shape index (κ1) is 20.6. The molecule has 3 rings (SSSR count). The van der Waals surface area contributed by atoms with Crippen LogP contribution in [0.5, 0.6) is 0 Å². The Balaban J connectivity index is 1.65. The number of hydrogen-bond donors (Lipinski definition) is 0. The highest BCUT2D eigenvalue weighted by Gasteiger charge is 2.18. The maximum atomic E-state index is 12.3. The first-order valence-corrected chi connectivity index (χ1v) is 10.0. The molecule has 0 N–H and O–H groups in total. The number of nitrogens with zero attached hydrogens (tertiary/aromatic N) is 3. The minimum Gasteiger partial charge on any atom is -0.457 e. The first-order valence-electron chi connectivity index (χ1n) is 9.05. The monoisotopic (exact) mass is 411 g/mol. The minimum atomic E-state index is -0.572. The van der Waals surface area contributed by atoms with Gasteiger partial charge >= 0.3 is 5.97 Å². The number of ether oxygens (including phenoxy) is 1. The molecule has 1 atom stereocenters. The smallest absolute Gasteiger partial charge is 0.316 e. The van der Waals surface area contributed by atoms with E-state index in [9.17, 15) is 14.9 Å². The van der Waals surface area contributed by atoms with Crippen molar-refractivity contribution in [3.63, 3.8) is 0 Å². The highest BCUT2D eigenvalue weighted by molar-refractivity contribution is 8.00. The van der Waals surface area contributed by atoms with Gasteiger partial charge in [0, 0.05) is 12.1 Å². The number of aryl methyl sites for hydroxylation is 1. The lowest BCUT2D eigenvalue weighted by atomic mass is 10.1. The van der Waals surface area contributed by atoms with Crippen LogP contribution in [0.1, 0.15) is 30.0 Å². The molecule has 0 aliphatic heterocycles. The molecule has 0 unspecified atom stereocenters. The number of carbonyl (C=O) groups is 1. The topological polar surface area (TPSA) is 87.3 Å². The van der Waals surface area contributed by atoms with Crippen LogP contribution in [-0.4, -0.2) is 26.4 Å². The highest BCUT2D eigenvalue weighted by atomic mass is 32.2. The van der Waals surface area contributed by atoms with E-state index in [1.807, 2.05) is 48.9 Å². The number of nitro benzene ring substituents is 1. The number of benzene rings is 2. The number of rotatable bonds is 7. The van der Waals surface area contributed by atoms with Crippen LogP contribution >= 0.6 is 11.8 Å². The third-order valence-corrected chi connectivity index (χ3v) is 5.68. The van der Waals surface area contributed by atoms with E-state index in [0.29, 0.717) is 5.56 Å². The van der Waals surface area contributed by atoms with Gasteiger partial charge in [0.25, 0.3) is 5.69 Å². The second-order valence-corrected chi connectivity index (χ2v) is 7.51. The molecule has 0 aliphatic rings. The average Bonchev–Trinajstić information content (AvgIpc) is 3.00. The van der Waals surface area contributed by atoms with Crippen LogP contribution in [0.3, 0.4) is 0 Å². The molecule has 2 aromatic carbocycles. The van der Waals surface area contributed by atoms with Crippen molar-refractivity contribution in [1.82, 2.24) is 9.78 Å². The molecule has 150 valence electrons. The largest absolute Gasteiger partial charge is 0.457 e. The van der Waals surface area contributed by atoms with Crippen molar-refractivity contribution >= 4 is 23.4 Å². The Morgan fingerprint density at radius 2 is 1.93 bits per heavy atom. The van der Waals surface area contributed by atoms with Gasteiger partial charge in [-0.25, -0.2) is 4.68 Å². The summed E-state index contributed by atoms with van der Waals surface area (Å²) in [5, 5.41) is 15.5. The molecule has 0 aliphatic carbocycles. The van der Waals surface area contributed by atoms with Crippen molar-refractivity contribution in [3.8, 4) is 5.69 Å². The summed E-state index contributed by atoms with van der Waals surface area (Å²) in [5.74, 6) is -0.262. The third kappa shape index (κ3) is 4.83. The van der Waals surface area contributed by atoms with E-state index in [2.05, 4.69) is 5.10 Å². The maximum Gasteiger partial charge on any atom is 0.316 e. The van der Waals surface area contributed by atoms with Crippen LogP contribution in [0.2, 0.25) is 0 Å². The molecule has 0 bridgehead atoms. The van der Waals surface area contributed by atoms with E-state index in [4.69, 9.17) is 4.74 Å². The zero-order valence-electron chi connectivity index (χ0n) is 16.4. The van der Waals surface area contributed by atoms with Crippen LogP contribution in [0, 0.1) is 24.0 Å². The average molecular weight is 411 g/mol. The summed E-state index contributed by atoms with van der Waals surface area (Å²) in [6.45, 7) is 5.57. The molecular weight excluding hydrogens is 390 g/mol.